The predicted octanol–water partition coefficient (Wildman–Crippen LogP) is 2.20. The summed E-state index contributed by atoms with van der Waals surface area (Å²) in [6.45, 7) is 4.50. The molecule has 0 radical (unpaired) electrons. The molecule has 0 aliphatic carbocycles. The van der Waals surface area contributed by atoms with Crippen molar-refractivity contribution in [2.45, 2.75) is 32.0 Å². The van der Waals surface area contributed by atoms with Crippen LogP contribution in [0.5, 0.6) is 23.0 Å². The number of carbonyl (C=O) groups is 1. The van der Waals surface area contributed by atoms with Crippen LogP contribution in [-0.2, 0) is 4.79 Å². The van der Waals surface area contributed by atoms with Gasteiger partial charge in [0.25, 0.3) is 5.91 Å². The molecule has 0 bridgehead atoms. The van der Waals surface area contributed by atoms with Gasteiger partial charge in [0.05, 0.1) is 20.8 Å². The van der Waals surface area contributed by atoms with Gasteiger partial charge in [0.15, 0.2) is 18.1 Å². The van der Waals surface area contributed by atoms with Gasteiger partial charge >= 0.3 is 0 Å². The van der Waals surface area contributed by atoms with Gasteiger partial charge in [-0.25, -0.2) is 5.43 Å². The molecule has 1 aliphatic rings. The van der Waals surface area contributed by atoms with Crippen LogP contribution >= 0.6 is 0 Å². The highest BCUT2D eigenvalue weighted by molar-refractivity contribution is 5.78. The lowest BCUT2D eigenvalue weighted by Crippen LogP contribution is -2.47. The van der Waals surface area contributed by atoms with Gasteiger partial charge in [-0.3, -0.25) is 10.2 Å². The molecule has 0 saturated carbocycles. The molecule has 1 aliphatic heterocycles. The van der Waals surface area contributed by atoms with Crippen molar-refractivity contribution >= 4 is 5.91 Å². The Labute approximate surface area is 176 Å². The first kappa shape index (κ1) is 21.7. The van der Waals surface area contributed by atoms with Crippen LogP contribution in [0.1, 0.15) is 25.3 Å². The first-order valence-corrected chi connectivity index (χ1v) is 9.93. The van der Waals surface area contributed by atoms with Crippen molar-refractivity contribution < 1.29 is 23.7 Å². The number of benzene rings is 2. The highest BCUT2D eigenvalue weighted by atomic mass is 16.5. The Morgan fingerprint density at radius 3 is 2.27 bits per heavy atom. The quantitative estimate of drug-likeness (QED) is 0.578. The van der Waals surface area contributed by atoms with E-state index in [1.807, 2.05) is 37.3 Å². The number of nitrogens with one attached hydrogen (secondary N) is 3. The van der Waals surface area contributed by atoms with E-state index >= 15 is 0 Å². The van der Waals surface area contributed by atoms with Crippen LogP contribution in [0, 0.1) is 0 Å². The second-order valence-corrected chi connectivity index (χ2v) is 6.96. The molecule has 3 rings (SSSR count). The number of rotatable bonds is 9. The van der Waals surface area contributed by atoms with Crippen molar-refractivity contribution in [1.82, 2.24) is 16.2 Å². The van der Waals surface area contributed by atoms with Gasteiger partial charge in [-0.05, 0) is 55.8 Å². The van der Waals surface area contributed by atoms with Gasteiger partial charge in [-0.1, -0.05) is 6.07 Å². The van der Waals surface area contributed by atoms with Gasteiger partial charge in [0, 0.05) is 12.0 Å². The number of hydrogen-bond acceptors (Lipinski definition) is 7. The average Bonchev–Trinajstić information content (AvgIpc) is 3.12. The molecular formula is C22H29N3O5. The molecule has 2 aromatic carbocycles. The molecule has 3 N–H and O–H groups in total. The van der Waals surface area contributed by atoms with Gasteiger partial charge in [0.1, 0.15) is 17.7 Å². The highest BCUT2D eigenvalue weighted by Crippen LogP contribution is 2.34. The predicted molar refractivity (Wildman–Crippen MR) is 113 cm³/mol. The third-order valence-corrected chi connectivity index (χ3v) is 4.98. The van der Waals surface area contributed by atoms with E-state index in [9.17, 15) is 4.79 Å². The maximum Gasteiger partial charge on any atom is 0.259 e. The van der Waals surface area contributed by atoms with E-state index in [0.29, 0.717) is 23.9 Å². The molecular weight excluding hydrogens is 386 g/mol. The molecule has 3 atom stereocenters. The lowest BCUT2D eigenvalue weighted by molar-refractivity contribution is -0.124. The van der Waals surface area contributed by atoms with Crippen molar-refractivity contribution in [2.75, 3.05) is 27.4 Å². The lowest BCUT2D eigenvalue weighted by atomic mass is 9.91. The number of amides is 1. The summed E-state index contributed by atoms with van der Waals surface area (Å²) in [6, 6.07) is 13.1. The highest BCUT2D eigenvalue weighted by Gasteiger charge is 2.35. The van der Waals surface area contributed by atoms with Crippen LogP contribution in [-0.4, -0.2) is 45.5 Å². The average molecular weight is 415 g/mol. The standard InChI is InChI=1S/C22H29N3O5/c1-5-29-16-7-9-17(10-8-16)30-13-20(26)23-22-21(14(2)24-25-22)15-6-11-18(27-3)19(12-15)28-4/h6-12,14,21-22,24-25H,5,13H2,1-4H3,(H,23,26). The summed E-state index contributed by atoms with van der Waals surface area (Å²) >= 11 is 0. The van der Waals surface area contributed by atoms with Crippen molar-refractivity contribution in [1.29, 1.82) is 0 Å². The summed E-state index contributed by atoms with van der Waals surface area (Å²) in [7, 11) is 3.21. The first-order valence-electron chi connectivity index (χ1n) is 9.93. The normalized spacial score (nSPS) is 20.5. The van der Waals surface area contributed by atoms with E-state index in [1.54, 1.807) is 26.4 Å². The minimum atomic E-state index is -0.297. The van der Waals surface area contributed by atoms with Crippen molar-refractivity contribution in [2.24, 2.45) is 0 Å². The molecule has 8 heteroatoms. The largest absolute Gasteiger partial charge is 0.494 e. The van der Waals surface area contributed by atoms with Gasteiger partial charge in [-0.2, -0.15) is 0 Å². The van der Waals surface area contributed by atoms with Crippen molar-refractivity contribution in [3.05, 3.63) is 48.0 Å². The summed E-state index contributed by atoms with van der Waals surface area (Å²) in [5.74, 6) is 2.47. The molecule has 30 heavy (non-hydrogen) atoms. The molecule has 1 saturated heterocycles. The number of hydrogen-bond donors (Lipinski definition) is 3. The smallest absolute Gasteiger partial charge is 0.259 e. The Bertz CT molecular complexity index is 843. The van der Waals surface area contributed by atoms with Crippen LogP contribution in [0.2, 0.25) is 0 Å². The minimum absolute atomic E-state index is 0.000711. The number of methoxy groups -OCH3 is 2. The molecule has 2 aromatic rings. The molecule has 1 amide bonds. The number of carbonyl (C=O) groups excluding carboxylic acids is 1. The minimum Gasteiger partial charge on any atom is -0.494 e. The third-order valence-electron chi connectivity index (χ3n) is 4.98. The zero-order valence-electron chi connectivity index (χ0n) is 17.7. The van der Waals surface area contributed by atoms with E-state index in [4.69, 9.17) is 18.9 Å². The molecule has 0 aromatic heterocycles. The number of ether oxygens (including phenoxy) is 4. The molecule has 1 heterocycles. The number of hydrazine groups is 1. The van der Waals surface area contributed by atoms with Gasteiger partial charge < -0.3 is 24.3 Å². The van der Waals surface area contributed by atoms with Crippen LogP contribution in [0.15, 0.2) is 42.5 Å². The second kappa shape index (κ2) is 10.2. The Morgan fingerprint density at radius 2 is 1.63 bits per heavy atom. The summed E-state index contributed by atoms with van der Waals surface area (Å²) in [4.78, 5) is 12.5. The fourth-order valence-corrected chi connectivity index (χ4v) is 3.52. The Morgan fingerprint density at radius 1 is 0.967 bits per heavy atom. The zero-order valence-corrected chi connectivity index (χ0v) is 17.7. The summed E-state index contributed by atoms with van der Waals surface area (Å²) in [5, 5.41) is 2.99. The topological polar surface area (TPSA) is 90.1 Å². The molecule has 1 fully saturated rings. The van der Waals surface area contributed by atoms with Crippen LogP contribution in [0.4, 0.5) is 0 Å². The second-order valence-electron chi connectivity index (χ2n) is 6.96. The van der Waals surface area contributed by atoms with Crippen LogP contribution in [0.3, 0.4) is 0 Å². The van der Waals surface area contributed by atoms with E-state index in [0.717, 1.165) is 11.3 Å². The van der Waals surface area contributed by atoms with Gasteiger partial charge in [0.2, 0.25) is 0 Å². The maximum absolute atomic E-state index is 12.5. The van der Waals surface area contributed by atoms with Gasteiger partial charge in [-0.15, -0.1) is 0 Å². The first-order chi connectivity index (χ1) is 14.5. The fraction of sp³-hybridized carbons (Fsp3) is 0.409. The zero-order chi connectivity index (χ0) is 21.5. The monoisotopic (exact) mass is 415 g/mol. The van der Waals surface area contributed by atoms with Crippen LogP contribution < -0.4 is 35.1 Å². The SMILES string of the molecule is CCOc1ccc(OCC(=O)NC2NNC(C)C2c2ccc(OC)c(OC)c2)cc1. The molecule has 3 unspecified atom stereocenters. The van der Waals surface area contributed by atoms with E-state index in [1.165, 1.54) is 0 Å². The lowest BCUT2D eigenvalue weighted by Gasteiger charge is -2.23. The van der Waals surface area contributed by atoms with Crippen LogP contribution in [0.25, 0.3) is 0 Å². The fourth-order valence-electron chi connectivity index (χ4n) is 3.52. The molecule has 0 spiro atoms. The van der Waals surface area contributed by atoms with E-state index < -0.39 is 0 Å². The summed E-state index contributed by atoms with van der Waals surface area (Å²) < 4.78 is 21.7. The van der Waals surface area contributed by atoms with Crippen molar-refractivity contribution in [3.63, 3.8) is 0 Å². The Hall–Kier alpha value is -2.97. The molecule has 8 nitrogen and oxygen atoms in total. The van der Waals surface area contributed by atoms with E-state index in [-0.39, 0.29) is 30.6 Å². The van der Waals surface area contributed by atoms with E-state index in [2.05, 4.69) is 23.1 Å². The maximum atomic E-state index is 12.5. The summed E-state index contributed by atoms with van der Waals surface area (Å²) in [6.07, 6.45) is -0.297. The third kappa shape index (κ3) is 5.14. The Balaban J connectivity index is 1.61. The molecule has 162 valence electrons. The summed E-state index contributed by atoms with van der Waals surface area (Å²) in [5.41, 5.74) is 7.36. The Kier molecular flexibility index (Phi) is 7.37. The van der Waals surface area contributed by atoms with Crippen molar-refractivity contribution in [3.8, 4) is 23.0 Å².